The molecule has 0 spiro atoms. The average molecular weight is 220 g/mol. The van der Waals surface area contributed by atoms with Gasteiger partial charge >= 0.3 is 0 Å². The second-order valence-electron chi connectivity index (χ2n) is 5.40. The summed E-state index contributed by atoms with van der Waals surface area (Å²) in [4.78, 5) is 14.2. The van der Waals surface area contributed by atoms with Gasteiger partial charge in [-0.25, -0.2) is 0 Å². The SMILES string of the molecule is CCC1CN(C(=O)C2(C#N)CCC2)CC1C. The number of amides is 1. The van der Waals surface area contributed by atoms with E-state index in [0.717, 1.165) is 38.8 Å². The molecular weight excluding hydrogens is 200 g/mol. The van der Waals surface area contributed by atoms with E-state index in [2.05, 4.69) is 19.9 Å². The van der Waals surface area contributed by atoms with E-state index in [-0.39, 0.29) is 5.91 Å². The Hall–Kier alpha value is -1.04. The van der Waals surface area contributed by atoms with Crippen molar-refractivity contribution in [3.63, 3.8) is 0 Å². The number of nitrogens with zero attached hydrogens (tertiary/aromatic N) is 2. The fourth-order valence-corrected chi connectivity index (χ4v) is 2.94. The second-order valence-corrected chi connectivity index (χ2v) is 5.40. The summed E-state index contributed by atoms with van der Waals surface area (Å²) >= 11 is 0. The van der Waals surface area contributed by atoms with E-state index in [0.29, 0.717) is 11.8 Å². The molecule has 1 saturated carbocycles. The zero-order valence-corrected chi connectivity index (χ0v) is 10.2. The van der Waals surface area contributed by atoms with Gasteiger partial charge in [-0.3, -0.25) is 4.79 Å². The molecule has 88 valence electrons. The van der Waals surface area contributed by atoms with Gasteiger partial charge in [-0.05, 0) is 31.1 Å². The van der Waals surface area contributed by atoms with Crippen LogP contribution in [0.5, 0.6) is 0 Å². The Labute approximate surface area is 97.4 Å². The predicted octanol–water partition coefficient (Wildman–Crippen LogP) is 2.18. The number of nitriles is 1. The maximum Gasteiger partial charge on any atom is 0.243 e. The maximum absolute atomic E-state index is 12.3. The van der Waals surface area contributed by atoms with Crippen molar-refractivity contribution in [2.75, 3.05) is 13.1 Å². The minimum atomic E-state index is -0.650. The van der Waals surface area contributed by atoms with Gasteiger partial charge in [-0.15, -0.1) is 0 Å². The lowest BCUT2D eigenvalue weighted by Crippen LogP contribution is -2.46. The van der Waals surface area contributed by atoms with Crippen LogP contribution in [0.25, 0.3) is 0 Å². The normalized spacial score (nSPS) is 31.9. The van der Waals surface area contributed by atoms with Gasteiger partial charge in [0.25, 0.3) is 0 Å². The quantitative estimate of drug-likeness (QED) is 0.716. The molecule has 0 radical (unpaired) electrons. The Morgan fingerprint density at radius 2 is 2.19 bits per heavy atom. The molecule has 3 heteroatoms. The first-order valence-corrected chi connectivity index (χ1v) is 6.33. The summed E-state index contributed by atoms with van der Waals surface area (Å²) < 4.78 is 0. The Balaban J connectivity index is 2.05. The lowest BCUT2D eigenvalue weighted by Gasteiger charge is -2.36. The molecule has 2 fully saturated rings. The first-order valence-electron chi connectivity index (χ1n) is 6.33. The largest absolute Gasteiger partial charge is 0.341 e. The topological polar surface area (TPSA) is 44.1 Å². The molecule has 2 rings (SSSR count). The van der Waals surface area contributed by atoms with Gasteiger partial charge < -0.3 is 4.90 Å². The molecule has 0 N–H and O–H groups in total. The van der Waals surface area contributed by atoms with Crippen LogP contribution < -0.4 is 0 Å². The summed E-state index contributed by atoms with van der Waals surface area (Å²) in [6, 6.07) is 2.25. The fraction of sp³-hybridized carbons (Fsp3) is 0.846. The van der Waals surface area contributed by atoms with Gasteiger partial charge in [0, 0.05) is 13.1 Å². The van der Waals surface area contributed by atoms with Crippen molar-refractivity contribution in [3.8, 4) is 6.07 Å². The monoisotopic (exact) mass is 220 g/mol. The highest BCUT2D eigenvalue weighted by molar-refractivity contribution is 5.86. The molecule has 1 amide bonds. The minimum absolute atomic E-state index is 0.101. The molecule has 0 aromatic carbocycles. The lowest BCUT2D eigenvalue weighted by atomic mass is 9.69. The van der Waals surface area contributed by atoms with Crippen molar-refractivity contribution in [3.05, 3.63) is 0 Å². The van der Waals surface area contributed by atoms with Crippen LogP contribution in [0.3, 0.4) is 0 Å². The summed E-state index contributed by atoms with van der Waals surface area (Å²) in [5.41, 5.74) is -0.650. The Bertz CT molecular complexity index is 327. The molecule has 0 bridgehead atoms. The molecule has 1 aliphatic heterocycles. The van der Waals surface area contributed by atoms with Crippen LogP contribution >= 0.6 is 0 Å². The van der Waals surface area contributed by atoms with Gasteiger partial charge in [-0.1, -0.05) is 20.3 Å². The first-order chi connectivity index (χ1) is 7.63. The fourth-order valence-electron chi connectivity index (χ4n) is 2.94. The van der Waals surface area contributed by atoms with E-state index in [1.54, 1.807) is 0 Å². The van der Waals surface area contributed by atoms with Gasteiger partial charge in [0.15, 0.2) is 0 Å². The molecule has 1 aliphatic carbocycles. The van der Waals surface area contributed by atoms with Crippen molar-refractivity contribution in [1.29, 1.82) is 5.26 Å². The van der Waals surface area contributed by atoms with Crippen LogP contribution in [0.2, 0.25) is 0 Å². The van der Waals surface area contributed by atoms with E-state index >= 15 is 0 Å². The predicted molar refractivity (Wildman–Crippen MR) is 61.4 cm³/mol. The summed E-state index contributed by atoms with van der Waals surface area (Å²) in [5, 5.41) is 9.16. The number of rotatable bonds is 2. The summed E-state index contributed by atoms with van der Waals surface area (Å²) in [6.07, 6.45) is 3.69. The van der Waals surface area contributed by atoms with Crippen molar-refractivity contribution in [1.82, 2.24) is 4.90 Å². The highest BCUT2D eigenvalue weighted by Gasteiger charge is 2.48. The Kier molecular flexibility index (Phi) is 2.92. The zero-order chi connectivity index (χ0) is 11.8. The van der Waals surface area contributed by atoms with Crippen LogP contribution in [-0.2, 0) is 4.79 Å². The molecule has 16 heavy (non-hydrogen) atoms. The number of carbonyl (C=O) groups excluding carboxylic acids is 1. The highest BCUT2D eigenvalue weighted by Crippen LogP contribution is 2.43. The van der Waals surface area contributed by atoms with E-state index in [9.17, 15) is 4.79 Å². The van der Waals surface area contributed by atoms with Crippen LogP contribution in [0, 0.1) is 28.6 Å². The van der Waals surface area contributed by atoms with Crippen LogP contribution in [-0.4, -0.2) is 23.9 Å². The Morgan fingerprint density at radius 3 is 2.56 bits per heavy atom. The summed E-state index contributed by atoms with van der Waals surface area (Å²) in [6.45, 7) is 6.10. The smallest absolute Gasteiger partial charge is 0.243 e. The van der Waals surface area contributed by atoms with Crippen molar-refractivity contribution in [2.45, 2.75) is 39.5 Å². The van der Waals surface area contributed by atoms with Crippen LogP contribution in [0.15, 0.2) is 0 Å². The van der Waals surface area contributed by atoms with Crippen LogP contribution in [0.4, 0.5) is 0 Å². The van der Waals surface area contributed by atoms with E-state index in [1.807, 2.05) is 4.90 Å². The van der Waals surface area contributed by atoms with Gasteiger partial charge in [-0.2, -0.15) is 5.26 Å². The molecule has 2 atom stereocenters. The highest BCUT2D eigenvalue weighted by atomic mass is 16.2. The zero-order valence-electron chi connectivity index (χ0n) is 10.2. The molecular formula is C13H20N2O. The van der Waals surface area contributed by atoms with Gasteiger partial charge in [0.2, 0.25) is 5.91 Å². The van der Waals surface area contributed by atoms with Gasteiger partial charge in [0.05, 0.1) is 6.07 Å². The molecule has 2 aliphatic rings. The first kappa shape index (κ1) is 11.4. The average Bonchev–Trinajstić information content (AvgIpc) is 2.58. The van der Waals surface area contributed by atoms with E-state index in [1.165, 1.54) is 0 Å². The third-order valence-electron chi connectivity index (χ3n) is 4.41. The lowest BCUT2D eigenvalue weighted by molar-refractivity contribution is -0.142. The summed E-state index contributed by atoms with van der Waals surface area (Å²) in [5.74, 6) is 1.31. The van der Waals surface area contributed by atoms with Crippen LogP contribution in [0.1, 0.15) is 39.5 Å². The minimum Gasteiger partial charge on any atom is -0.341 e. The second kappa shape index (κ2) is 4.08. The molecule has 1 heterocycles. The molecule has 1 saturated heterocycles. The maximum atomic E-state index is 12.3. The molecule has 2 unspecified atom stereocenters. The summed E-state index contributed by atoms with van der Waals surface area (Å²) in [7, 11) is 0. The number of likely N-dealkylation sites (tertiary alicyclic amines) is 1. The molecule has 3 nitrogen and oxygen atoms in total. The van der Waals surface area contributed by atoms with Crippen molar-refractivity contribution >= 4 is 5.91 Å². The van der Waals surface area contributed by atoms with Gasteiger partial charge in [0.1, 0.15) is 5.41 Å². The Morgan fingerprint density at radius 1 is 1.50 bits per heavy atom. The molecule has 0 aromatic rings. The number of hydrogen-bond acceptors (Lipinski definition) is 2. The third-order valence-corrected chi connectivity index (χ3v) is 4.41. The third kappa shape index (κ3) is 1.61. The van der Waals surface area contributed by atoms with E-state index in [4.69, 9.17) is 5.26 Å². The van der Waals surface area contributed by atoms with Crippen molar-refractivity contribution in [2.24, 2.45) is 17.3 Å². The standard InChI is InChI=1S/C13H20N2O/c1-3-11-8-15(7-10(11)2)12(16)13(9-14)5-4-6-13/h10-11H,3-8H2,1-2H3. The van der Waals surface area contributed by atoms with Crippen molar-refractivity contribution < 1.29 is 4.79 Å². The molecule has 0 aromatic heterocycles. The number of carbonyl (C=O) groups is 1. The number of hydrogen-bond donors (Lipinski definition) is 0. The van der Waals surface area contributed by atoms with E-state index < -0.39 is 5.41 Å².